The van der Waals surface area contributed by atoms with Gasteiger partial charge in [0.2, 0.25) is 0 Å². The summed E-state index contributed by atoms with van der Waals surface area (Å²) in [6.07, 6.45) is 8.59. The summed E-state index contributed by atoms with van der Waals surface area (Å²) in [6, 6.07) is 0. The molecule has 2 rings (SSSR count). The predicted octanol–water partition coefficient (Wildman–Crippen LogP) is 2.16. The third kappa shape index (κ3) is 3.46. The molecule has 2 nitrogen and oxygen atoms in total. The van der Waals surface area contributed by atoms with E-state index >= 15 is 0 Å². The molecule has 1 saturated heterocycles. The second-order valence-electron chi connectivity index (χ2n) is 5.86. The zero-order valence-corrected chi connectivity index (χ0v) is 10.1. The van der Waals surface area contributed by atoms with Gasteiger partial charge in [-0.15, -0.1) is 0 Å². The van der Waals surface area contributed by atoms with E-state index in [1.54, 1.807) is 0 Å². The summed E-state index contributed by atoms with van der Waals surface area (Å²) in [6.45, 7) is 7.38. The second-order valence-corrected chi connectivity index (χ2v) is 5.86. The van der Waals surface area contributed by atoms with Crippen LogP contribution in [-0.2, 0) is 0 Å². The van der Waals surface area contributed by atoms with Gasteiger partial charge in [-0.3, -0.25) is 0 Å². The lowest BCUT2D eigenvalue weighted by Gasteiger charge is -2.34. The Hall–Kier alpha value is -0.0800. The molecule has 0 bridgehead atoms. The summed E-state index contributed by atoms with van der Waals surface area (Å²) < 4.78 is 0. The first-order chi connectivity index (χ1) is 7.29. The lowest BCUT2D eigenvalue weighted by Crippen LogP contribution is -2.36. The van der Waals surface area contributed by atoms with Crippen molar-refractivity contribution in [2.24, 2.45) is 11.3 Å². The predicted molar refractivity (Wildman–Crippen MR) is 65.0 cm³/mol. The van der Waals surface area contributed by atoms with Crippen LogP contribution in [0.2, 0.25) is 0 Å². The van der Waals surface area contributed by atoms with E-state index in [4.69, 9.17) is 0 Å². The van der Waals surface area contributed by atoms with E-state index in [9.17, 15) is 0 Å². The van der Waals surface area contributed by atoms with Crippen LogP contribution in [0.25, 0.3) is 0 Å². The van der Waals surface area contributed by atoms with Crippen molar-refractivity contribution in [3.05, 3.63) is 0 Å². The van der Waals surface area contributed by atoms with E-state index in [0.717, 1.165) is 5.92 Å². The lowest BCUT2D eigenvalue weighted by atomic mass is 9.75. The first kappa shape index (κ1) is 11.4. The maximum absolute atomic E-state index is 3.70. The van der Waals surface area contributed by atoms with E-state index in [2.05, 4.69) is 17.6 Å². The van der Waals surface area contributed by atoms with Gasteiger partial charge in [-0.2, -0.15) is 0 Å². The van der Waals surface area contributed by atoms with Crippen LogP contribution < -0.4 is 10.6 Å². The lowest BCUT2D eigenvalue weighted by molar-refractivity contribution is 0.205. The highest BCUT2D eigenvalue weighted by molar-refractivity contribution is 4.82. The Morgan fingerprint density at radius 3 is 2.73 bits per heavy atom. The summed E-state index contributed by atoms with van der Waals surface area (Å²) in [5.74, 6) is 0.886. The molecule has 2 fully saturated rings. The molecule has 0 radical (unpaired) electrons. The first-order valence-corrected chi connectivity index (χ1v) is 6.70. The number of hydrogen-bond donors (Lipinski definition) is 2. The Kier molecular flexibility index (Phi) is 4.04. The maximum atomic E-state index is 3.70. The summed E-state index contributed by atoms with van der Waals surface area (Å²) in [5, 5.41) is 7.13. The summed E-state index contributed by atoms with van der Waals surface area (Å²) >= 11 is 0. The van der Waals surface area contributed by atoms with Crippen molar-refractivity contribution in [2.75, 3.05) is 26.2 Å². The molecule has 1 unspecified atom stereocenters. The third-order valence-corrected chi connectivity index (χ3v) is 4.21. The van der Waals surface area contributed by atoms with Crippen LogP contribution >= 0.6 is 0 Å². The molecular weight excluding hydrogens is 184 g/mol. The Bertz CT molecular complexity index is 179. The van der Waals surface area contributed by atoms with E-state index in [1.807, 2.05) is 0 Å². The van der Waals surface area contributed by atoms with Crippen LogP contribution in [0.5, 0.6) is 0 Å². The minimum atomic E-state index is 0.601. The van der Waals surface area contributed by atoms with Gasteiger partial charge in [0.05, 0.1) is 0 Å². The molecule has 0 aromatic carbocycles. The second kappa shape index (κ2) is 5.31. The molecule has 2 N–H and O–H groups in total. The van der Waals surface area contributed by atoms with Crippen LogP contribution in [0.1, 0.15) is 45.4 Å². The Labute approximate surface area is 94.2 Å². The SMILES string of the molecule is CC1(CNCC2CCNC2)CCCCC1. The average molecular weight is 210 g/mol. The standard InChI is InChI=1S/C13H26N2/c1-13(6-3-2-4-7-13)11-15-10-12-5-8-14-9-12/h12,14-15H,2-11H2,1H3. The fourth-order valence-corrected chi connectivity index (χ4v) is 3.05. The third-order valence-electron chi connectivity index (χ3n) is 4.21. The quantitative estimate of drug-likeness (QED) is 0.743. The van der Waals surface area contributed by atoms with Gasteiger partial charge in [0.25, 0.3) is 0 Å². The average Bonchev–Trinajstić information content (AvgIpc) is 2.71. The zero-order valence-electron chi connectivity index (χ0n) is 10.1. The van der Waals surface area contributed by atoms with Crippen molar-refractivity contribution < 1.29 is 0 Å². The molecule has 1 saturated carbocycles. The van der Waals surface area contributed by atoms with Gasteiger partial charge in [-0.05, 0) is 50.2 Å². The fourth-order valence-electron chi connectivity index (χ4n) is 3.05. The van der Waals surface area contributed by atoms with E-state index in [1.165, 1.54) is 64.7 Å². The van der Waals surface area contributed by atoms with E-state index in [0.29, 0.717) is 5.41 Å². The van der Waals surface area contributed by atoms with Gasteiger partial charge < -0.3 is 10.6 Å². The topological polar surface area (TPSA) is 24.1 Å². The number of rotatable bonds is 4. The maximum Gasteiger partial charge on any atom is 0.000528 e. The molecular formula is C13H26N2. The van der Waals surface area contributed by atoms with Gasteiger partial charge >= 0.3 is 0 Å². The monoisotopic (exact) mass is 210 g/mol. The van der Waals surface area contributed by atoms with E-state index < -0.39 is 0 Å². The number of hydrogen-bond acceptors (Lipinski definition) is 2. The highest BCUT2D eigenvalue weighted by Crippen LogP contribution is 2.34. The normalized spacial score (nSPS) is 30.6. The van der Waals surface area contributed by atoms with Crippen molar-refractivity contribution in [3.8, 4) is 0 Å². The molecule has 2 heteroatoms. The summed E-state index contributed by atoms with van der Waals surface area (Å²) in [5.41, 5.74) is 0.601. The molecule has 1 heterocycles. The van der Waals surface area contributed by atoms with Crippen molar-refractivity contribution in [2.45, 2.75) is 45.4 Å². The molecule has 1 aliphatic heterocycles. The minimum absolute atomic E-state index is 0.601. The molecule has 2 aliphatic rings. The molecule has 1 atom stereocenters. The Morgan fingerprint density at radius 2 is 2.07 bits per heavy atom. The van der Waals surface area contributed by atoms with Crippen molar-refractivity contribution in [1.82, 2.24) is 10.6 Å². The smallest absolute Gasteiger partial charge is 0.000528 e. The highest BCUT2D eigenvalue weighted by Gasteiger charge is 2.26. The van der Waals surface area contributed by atoms with Crippen LogP contribution in [0, 0.1) is 11.3 Å². The molecule has 0 spiro atoms. The van der Waals surface area contributed by atoms with Crippen LogP contribution in [0.4, 0.5) is 0 Å². The van der Waals surface area contributed by atoms with Crippen LogP contribution in [0.15, 0.2) is 0 Å². The Morgan fingerprint density at radius 1 is 1.27 bits per heavy atom. The van der Waals surface area contributed by atoms with Gasteiger partial charge in [-0.1, -0.05) is 26.2 Å². The van der Waals surface area contributed by atoms with Crippen LogP contribution in [-0.4, -0.2) is 26.2 Å². The van der Waals surface area contributed by atoms with Gasteiger partial charge in [-0.25, -0.2) is 0 Å². The Balaban J connectivity index is 1.63. The summed E-state index contributed by atoms with van der Waals surface area (Å²) in [7, 11) is 0. The molecule has 88 valence electrons. The summed E-state index contributed by atoms with van der Waals surface area (Å²) in [4.78, 5) is 0. The van der Waals surface area contributed by atoms with Crippen molar-refractivity contribution in [3.63, 3.8) is 0 Å². The van der Waals surface area contributed by atoms with Gasteiger partial charge in [0.15, 0.2) is 0 Å². The highest BCUT2D eigenvalue weighted by atomic mass is 14.9. The number of nitrogens with one attached hydrogen (secondary N) is 2. The van der Waals surface area contributed by atoms with Crippen molar-refractivity contribution in [1.29, 1.82) is 0 Å². The zero-order chi connectivity index (χ0) is 10.6. The van der Waals surface area contributed by atoms with Gasteiger partial charge in [0, 0.05) is 6.54 Å². The van der Waals surface area contributed by atoms with Crippen molar-refractivity contribution >= 4 is 0 Å². The molecule has 0 aromatic heterocycles. The molecule has 15 heavy (non-hydrogen) atoms. The van der Waals surface area contributed by atoms with Gasteiger partial charge in [0.1, 0.15) is 0 Å². The molecule has 0 amide bonds. The fraction of sp³-hybridized carbons (Fsp3) is 1.00. The van der Waals surface area contributed by atoms with Crippen LogP contribution in [0.3, 0.4) is 0 Å². The molecule has 1 aliphatic carbocycles. The largest absolute Gasteiger partial charge is 0.316 e. The first-order valence-electron chi connectivity index (χ1n) is 6.70. The van der Waals surface area contributed by atoms with E-state index in [-0.39, 0.29) is 0 Å². The minimum Gasteiger partial charge on any atom is -0.316 e. The molecule has 0 aromatic rings.